The lowest BCUT2D eigenvalue weighted by Crippen LogP contribution is -2.40. The maximum absolute atomic E-state index is 12.7. The molecule has 1 aromatic rings. The van der Waals surface area contributed by atoms with E-state index in [1.54, 1.807) is 24.3 Å². The quantitative estimate of drug-likeness (QED) is 0.468. The van der Waals surface area contributed by atoms with Crippen LogP contribution in [0.4, 0.5) is 0 Å². The van der Waals surface area contributed by atoms with Crippen LogP contribution in [0.25, 0.3) is 0 Å². The van der Waals surface area contributed by atoms with Crippen LogP contribution in [0.3, 0.4) is 0 Å². The standard InChI is InChI=1S/C24H34N2O4/c1-4-6-8-19-13-22(27)24(23(28)14-19)21(7-5-2)26-30-17(3)16-29-20-11-9-18(15-25)10-12-20/h9-12,17,19,21,26-27H,4-8,13-14,16H2,1-3H3/t17-,19?,21?/m1/s1. The van der Waals surface area contributed by atoms with E-state index in [0.717, 1.165) is 25.7 Å². The number of hydrogen-bond donors (Lipinski definition) is 2. The number of aliphatic hydroxyl groups excluding tert-OH is 1. The Kier molecular flexibility index (Phi) is 9.85. The van der Waals surface area contributed by atoms with Gasteiger partial charge in [-0.1, -0.05) is 33.1 Å². The molecule has 0 radical (unpaired) electrons. The number of carbonyl (C=O) groups is 1. The molecule has 1 aliphatic carbocycles. The summed E-state index contributed by atoms with van der Waals surface area (Å²) < 4.78 is 5.70. The molecule has 2 rings (SSSR count). The van der Waals surface area contributed by atoms with Gasteiger partial charge in [0.15, 0.2) is 5.78 Å². The molecule has 0 heterocycles. The van der Waals surface area contributed by atoms with Gasteiger partial charge in [-0.15, -0.1) is 0 Å². The Balaban J connectivity index is 1.91. The number of unbranched alkanes of at least 4 members (excludes halogenated alkanes) is 1. The topological polar surface area (TPSA) is 91.6 Å². The SMILES string of the molecule is CCCCC1CC(=O)C(C(CCC)NO[C@H](C)COc2ccc(C#N)cc2)=C(O)C1. The maximum atomic E-state index is 12.7. The highest BCUT2D eigenvalue weighted by atomic mass is 16.7. The van der Waals surface area contributed by atoms with Crippen LogP contribution in [0.1, 0.15) is 71.3 Å². The summed E-state index contributed by atoms with van der Waals surface area (Å²) in [5.41, 5.74) is 4.06. The molecule has 0 fully saturated rings. The fraction of sp³-hybridized carbons (Fsp3) is 0.583. The summed E-state index contributed by atoms with van der Waals surface area (Å²) in [6.45, 7) is 6.37. The van der Waals surface area contributed by atoms with Crippen molar-refractivity contribution in [1.82, 2.24) is 5.48 Å². The Bertz CT molecular complexity index is 751. The Morgan fingerprint density at radius 3 is 2.57 bits per heavy atom. The van der Waals surface area contributed by atoms with Crippen molar-refractivity contribution in [3.63, 3.8) is 0 Å². The number of ketones is 1. The van der Waals surface area contributed by atoms with E-state index in [9.17, 15) is 9.90 Å². The third-order valence-corrected chi connectivity index (χ3v) is 5.34. The van der Waals surface area contributed by atoms with Crippen LogP contribution in [0.15, 0.2) is 35.6 Å². The highest BCUT2D eigenvalue weighted by molar-refractivity contribution is 5.97. The van der Waals surface area contributed by atoms with E-state index >= 15 is 0 Å². The second-order valence-electron chi connectivity index (χ2n) is 8.03. The van der Waals surface area contributed by atoms with E-state index in [4.69, 9.17) is 14.8 Å². The second-order valence-corrected chi connectivity index (χ2v) is 8.03. The van der Waals surface area contributed by atoms with Crippen molar-refractivity contribution in [2.45, 2.75) is 77.9 Å². The van der Waals surface area contributed by atoms with Crippen molar-refractivity contribution < 1.29 is 19.5 Å². The number of benzene rings is 1. The van der Waals surface area contributed by atoms with Crippen molar-refractivity contribution in [3.8, 4) is 11.8 Å². The van der Waals surface area contributed by atoms with E-state index in [2.05, 4.69) is 18.5 Å². The molecular weight excluding hydrogens is 380 g/mol. The Morgan fingerprint density at radius 2 is 1.97 bits per heavy atom. The Labute approximate surface area is 179 Å². The minimum absolute atomic E-state index is 0.0240. The van der Waals surface area contributed by atoms with Crippen molar-refractivity contribution >= 4 is 5.78 Å². The number of allylic oxidation sites excluding steroid dienone is 1. The van der Waals surface area contributed by atoms with Gasteiger partial charge in [0.1, 0.15) is 24.2 Å². The molecule has 6 heteroatoms. The Morgan fingerprint density at radius 1 is 1.23 bits per heavy atom. The zero-order valence-electron chi connectivity index (χ0n) is 18.3. The smallest absolute Gasteiger partial charge is 0.164 e. The number of carbonyl (C=O) groups excluding carboxylic acids is 1. The molecule has 2 N–H and O–H groups in total. The average molecular weight is 415 g/mol. The fourth-order valence-corrected chi connectivity index (χ4v) is 3.70. The fourth-order valence-electron chi connectivity index (χ4n) is 3.70. The molecule has 1 aromatic carbocycles. The molecule has 0 aliphatic heterocycles. The van der Waals surface area contributed by atoms with Gasteiger partial charge in [0.25, 0.3) is 0 Å². The number of hydroxylamine groups is 1. The van der Waals surface area contributed by atoms with E-state index in [1.807, 2.05) is 13.8 Å². The number of nitriles is 1. The first-order chi connectivity index (χ1) is 14.5. The van der Waals surface area contributed by atoms with Gasteiger partial charge in [-0.3, -0.25) is 9.63 Å². The Hall–Kier alpha value is -2.36. The van der Waals surface area contributed by atoms with Crippen LogP contribution in [-0.4, -0.2) is 29.6 Å². The predicted octanol–water partition coefficient (Wildman–Crippen LogP) is 5.00. The number of hydrogen-bond acceptors (Lipinski definition) is 6. The zero-order chi connectivity index (χ0) is 21.9. The average Bonchev–Trinajstić information content (AvgIpc) is 2.74. The number of aliphatic hydroxyl groups is 1. The minimum Gasteiger partial charge on any atom is -0.512 e. The third kappa shape index (κ3) is 7.16. The molecule has 0 bridgehead atoms. The number of nitrogens with one attached hydrogen (secondary N) is 1. The first-order valence-electron chi connectivity index (χ1n) is 11.0. The predicted molar refractivity (Wildman–Crippen MR) is 116 cm³/mol. The maximum Gasteiger partial charge on any atom is 0.164 e. The van der Waals surface area contributed by atoms with Crippen LogP contribution in [0, 0.1) is 17.2 Å². The van der Waals surface area contributed by atoms with Crippen LogP contribution < -0.4 is 10.2 Å². The zero-order valence-corrected chi connectivity index (χ0v) is 18.3. The first-order valence-corrected chi connectivity index (χ1v) is 11.0. The van der Waals surface area contributed by atoms with Crippen molar-refractivity contribution in [3.05, 3.63) is 41.2 Å². The van der Waals surface area contributed by atoms with Crippen molar-refractivity contribution in [2.24, 2.45) is 5.92 Å². The lowest BCUT2D eigenvalue weighted by Gasteiger charge is -2.29. The van der Waals surface area contributed by atoms with Gasteiger partial charge < -0.3 is 9.84 Å². The van der Waals surface area contributed by atoms with E-state index in [1.165, 1.54) is 0 Å². The summed E-state index contributed by atoms with van der Waals surface area (Å²) >= 11 is 0. The molecular formula is C24H34N2O4. The molecule has 30 heavy (non-hydrogen) atoms. The number of Topliss-reactive ketones (excluding diaryl/α,β-unsaturated/α-hetero) is 1. The highest BCUT2D eigenvalue weighted by Crippen LogP contribution is 2.31. The lowest BCUT2D eigenvalue weighted by molar-refractivity contribution is -0.119. The van der Waals surface area contributed by atoms with Gasteiger partial charge in [0.05, 0.1) is 23.2 Å². The summed E-state index contributed by atoms with van der Waals surface area (Å²) in [4.78, 5) is 18.5. The van der Waals surface area contributed by atoms with Crippen molar-refractivity contribution in [2.75, 3.05) is 6.61 Å². The second kappa shape index (κ2) is 12.4. The largest absolute Gasteiger partial charge is 0.512 e. The molecule has 164 valence electrons. The van der Waals surface area contributed by atoms with Crippen LogP contribution in [-0.2, 0) is 9.63 Å². The molecule has 0 spiro atoms. The van der Waals surface area contributed by atoms with Gasteiger partial charge in [-0.05, 0) is 49.9 Å². The van der Waals surface area contributed by atoms with E-state index < -0.39 is 0 Å². The monoisotopic (exact) mass is 414 g/mol. The first kappa shape index (κ1) is 23.9. The summed E-state index contributed by atoms with van der Waals surface area (Å²) in [5.74, 6) is 1.14. The highest BCUT2D eigenvalue weighted by Gasteiger charge is 2.32. The molecule has 0 aromatic heterocycles. The number of nitrogens with zero attached hydrogens (tertiary/aromatic N) is 1. The lowest BCUT2D eigenvalue weighted by atomic mass is 9.81. The summed E-state index contributed by atoms with van der Waals surface area (Å²) in [5, 5.41) is 19.4. The van der Waals surface area contributed by atoms with E-state index in [-0.39, 0.29) is 29.6 Å². The van der Waals surface area contributed by atoms with Crippen LogP contribution >= 0.6 is 0 Å². The van der Waals surface area contributed by atoms with Gasteiger partial charge in [-0.25, -0.2) is 0 Å². The molecule has 0 saturated carbocycles. The van der Waals surface area contributed by atoms with Crippen molar-refractivity contribution in [1.29, 1.82) is 5.26 Å². The molecule has 0 saturated heterocycles. The summed E-state index contributed by atoms with van der Waals surface area (Å²) in [6, 6.07) is 8.64. The summed E-state index contributed by atoms with van der Waals surface area (Å²) in [7, 11) is 0. The molecule has 6 nitrogen and oxygen atoms in total. The van der Waals surface area contributed by atoms with Crippen LogP contribution in [0.2, 0.25) is 0 Å². The third-order valence-electron chi connectivity index (χ3n) is 5.34. The van der Waals surface area contributed by atoms with Gasteiger partial charge in [-0.2, -0.15) is 10.7 Å². The molecule has 2 unspecified atom stereocenters. The summed E-state index contributed by atoms with van der Waals surface area (Å²) in [6.07, 6.45) is 5.52. The minimum atomic E-state index is -0.327. The van der Waals surface area contributed by atoms with Gasteiger partial charge >= 0.3 is 0 Å². The normalized spacial score (nSPS) is 18.7. The van der Waals surface area contributed by atoms with Gasteiger partial charge in [0.2, 0.25) is 0 Å². The number of ether oxygens (including phenoxy) is 1. The molecule has 3 atom stereocenters. The van der Waals surface area contributed by atoms with Crippen LogP contribution in [0.5, 0.6) is 5.75 Å². The van der Waals surface area contributed by atoms with Gasteiger partial charge in [0, 0.05) is 12.8 Å². The molecule has 0 amide bonds. The molecule has 1 aliphatic rings. The number of rotatable bonds is 12. The van der Waals surface area contributed by atoms with E-state index in [0.29, 0.717) is 42.8 Å².